The molecule has 1 aromatic heterocycles. The van der Waals surface area contributed by atoms with Gasteiger partial charge in [-0.3, -0.25) is 10.1 Å². The fourth-order valence-electron chi connectivity index (χ4n) is 2.00. The van der Waals surface area contributed by atoms with Crippen molar-refractivity contribution in [3.8, 4) is 5.69 Å². The number of carboxylic acids is 1. The first kappa shape index (κ1) is 14.0. The van der Waals surface area contributed by atoms with Crippen LogP contribution in [0.3, 0.4) is 0 Å². The summed E-state index contributed by atoms with van der Waals surface area (Å²) in [5, 5.41) is 24.5. The van der Waals surface area contributed by atoms with Gasteiger partial charge in [0.25, 0.3) is 0 Å². The largest absolute Gasteiger partial charge is 0.478 e. The number of nitro groups is 1. The van der Waals surface area contributed by atoms with Crippen LogP contribution in [0, 0.1) is 24.0 Å². The van der Waals surface area contributed by atoms with Gasteiger partial charge in [0.15, 0.2) is 0 Å². The summed E-state index contributed by atoms with van der Waals surface area (Å²) in [7, 11) is 0. The number of hydrogen-bond acceptors (Lipinski definition) is 4. The standard InChI is InChI=1S/C12H10ClN3O4/c1-6-11(16(19)20)7(2)15(14-6)10-4-3-8(13)5-9(10)12(17)18/h3-5H,1-2H3,(H,17,18). The molecule has 8 heteroatoms. The monoisotopic (exact) mass is 295 g/mol. The van der Waals surface area contributed by atoms with Gasteiger partial charge < -0.3 is 5.11 Å². The summed E-state index contributed by atoms with van der Waals surface area (Å²) in [6.07, 6.45) is 0. The summed E-state index contributed by atoms with van der Waals surface area (Å²) >= 11 is 5.77. The summed E-state index contributed by atoms with van der Waals surface area (Å²) < 4.78 is 1.24. The summed E-state index contributed by atoms with van der Waals surface area (Å²) in [6, 6.07) is 4.25. The predicted octanol–water partition coefficient (Wildman–Crippen LogP) is 2.75. The molecule has 0 aliphatic heterocycles. The van der Waals surface area contributed by atoms with Gasteiger partial charge in [0.2, 0.25) is 0 Å². The van der Waals surface area contributed by atoms with Crippen molar-refractivity contribution >= 4 is 23.3 Å². The zero-order valence-corrected chi connectivity index (χ0v) is 11.4. The van der Waals surface area contributed by atoms with Crippen LogP contribution in [-0.2, 0) is 0 Å². The second kappa shape index (κ2) is 4.93. The van der Waals surface area contributed by atoms with E-state index in [2.05, 4.69) is 5.10 Å². The Labute approximate surface area is 118 Å². The molecular formula is C12H10ClN3O4. The van der Waals surface area contributed by atoms with Gasteiger partial charge in [-0.05, 0) is 32.0 Å². The Kier molecular flexibility index (Phi) is 3.46. The number of benzene rings is 1. The molecule has 0 aliphatic rings. The summed E-state index contributed by atoms with van der Waals surface area (Å²) in [5.41, 5.74) is 0.515. The van der Waals surface area contributed by atoms with Crippen LogP contribution in [0.2, 0.25) is 5.02 Å². The molecule has 0 amide bonds. The molecule has 7 nitrogen and oxygen atoms in total. The number of nitrogens with zero attached hydrogens (tertiary/aromatic N) is 3. The third-order valence-electron chi connectivity index (χ3n) is 2.85. The third kappa shape index (κ3) is 2.23. The van der Waals surface area contributed by atoms with Gasteiger partial charge >= 0.3 is 11.7 Å². The van der Waals surface area contributed by atoms with Crippen LogP contribution in [0.25, 0.3) is 5.69 Å². The summed E-state index contributed by atoms with van der Waals surface area (Å²) in [6.45, 7) is 3.01. The van der Waals surface area contributed by atoms with E-state index in [9.17, 15) is 20.0 Å². The number of carbonyl (C=O) groups is 1. The normalized spacial score (nSPS) is 10.6. The average Bonchev–Trinajstić information content (AvgIpc) is 2.64. The average molecular weight is 296 g/mol. The van der Waals surface area contributed by atoms with E-state index in [4.69, 9.17) is 11.6 Å². The maximum absolute atomic E-state index is 11.3. The number of halogens is 1. The maximum Gasteiger partial charge on any atom is 0.337 e. The van der Waals surface area contributed by atoms with E-state index >= 15 is 0 Å². The zero-order chi connectivity index (χ0) is 15.0. The van der Waals surface area contributed by atoms with Crippen LogP contribution in [0.15, 0.2) is 18.2 Å². The molecule has 2 rings (SSSR count). The van der Waals surface area contributed by atoms with E-state index in [1.165, 1.54) is 36.7 Å². The highest BCUT2D eigenvalue weighted by molar-refractivity contribution is 6.31. The van der Waals surface area contributed by atoms with E-state index in [1.54, 1.807) is 0 Å². The van der Waals surface area contributed by atoms with Crippen molar-refractivity contribution < 1.29 is 14.8 Å². The van der Waals surface area contributed by atoms with Crippen LogP contribution >= 0.6 is 11.6 Å². The second-order valence-corrected chi connectivity index (χ2v) is 4.59. The number of aryl methyl sites for hydroxylation is 1. The molecule has 1 aromatic carbocycles. The van der Waals surface area contributed by atoms with Crippen molar-refractivity contribution in [2.24, 2.45) is 0 Å². The van der Waals surface area contributed by atoms with Crippen LogP contribution in [-0.4, -0.2) is 25.8 Å². The highest BCUT2D eigenvalue weighted by Crippen LogP contribution is 2.27. The number of aromatic nitrogens is 2. The van der Waals surface area contributed by atoms with E-state index in [-0.39, 0.29) is 33.3 Å². The molecule has 2 aromatic rings. The lowest BCUT2D eigenvalue weighted by molar-refractivity contribution is -0.386. The topological polar surface area (TPSA) is 98.3 Å². The van der Waals surface area contributed by atoms with Crippen LogP contribution in [0.4, 0.5) is 5.69 Å². The molecule has 0 aliphatic carbocycles. The molecule has 0 saturated heterocycles. The van der Waals surface area contributed by atoms with Crippen LogP contribution < -0.4 is 0 Å². The number of carboxylic acid groups (broad SMARTS) is 1. The van der Waals surface area contributed by atoms with Gasteiger partial charge in [-0.15, -0.1) is 0 Å². The quantitative estimate of drug-likeness (QED) is 0.693. The molecule has 0 spiro atoms. The van der Waals surface area contributed by atoms with Crippen LogP contribution in [0.1, 0.15) is 21.7 Å². The van der Waals surface area contributed by atoms with Crippen molar-refractivity contribution in [1.82, 2.24) is 9.78 Å². The smallest absolute Gasteiger partial charge is 0.337 e. The summed E-state index contributed by atoms with van der Waals surface area (Å²) in [5.74, 6) is -1.18. The Morgan fingerprint density at radius 1 is 1.45 bits per heavy atom. The fraction of sp³-hybridized carbons (Fsp3) is 0.167. The minimum atomic E-state index is -1.18. The van der Waals surface area contributed by atoms with E-state index in [0.717, 1.165) is 0 Å². The second-order valence-electron chi connectivity index (χ2n) is 4.15. The number of hydrogen-bond donors (Lipinski definition) is 1. The van der Waals surface area contributed by atoms with E-state index in [0.29, 0.717) is 0 Å². The Morgan fingerprint density at radius 3 is 2.60 bits per heavy atom. The molecule has 1 heterocycles. The fourth-order valence-corrected chi connectivity index (χ4v) is 2.17. The SMILES string of the molecule is Cc1nn(-c2ccc(Cl)cc2C(=O)O)c(C)c1[N+](=O)[O-]. The summed E-state index contributed by atoms with van der Waals surface area (Å²) in [4.78, 5) is 21.7. The molecule has 0 unspecified atom stereocenters. The number of aromatic carboxylic acids is 1. The Hall–Kier alpha value is -2.41. The lowest BCUT2D eigenvalue weighted by Gasteiger charge is -2.08. The van der Waals surface area contributed by atoms with Gasteiger partial charge in [-0.1, -0.05) is 11.6 Å². The van der Waals surface area contributed by atoms with E-state index < -0.39 is 10.9 Å². The first-order chi connectivity index (χ1) is 9.32. The Balaban J connectivity index is 2.73. The molecule has 1 N–H and O–H groups in total. The number of rotatable bonds is 3. The van der Waals surface area contributed by atoms with Gasteiger partial charge in [-0.2, -0.15) is 5.10 Å². The molecule has 104 valence electrons. The third-order valence-corrected chi connectivity index (χ3v) is 3.09. The molecule has 0 fully saturated rings. The molecule has 0 radical (unpaired) electrons. The highest BCUT2D eigenvalue weighted by atomic mass is 35.5. The van der Waals surface area contributed by atoms with Gasteiger partial charge in [-0.25, -0.2) is 9.48 Å². The van der Waals surface area contributed by atoms with Crippen molar-refractivity contribution in [3.63, 3.8) is 0 Å². The first-order valence-electron chi connectivity index (χ1n) is 5.56. The van der Waals surface area contributed by atoms with Crippen LogP contribution in [0.5, 0.6) is 0 Å². The minimum absolute atomic E-state index is 0.0713. The van der Waals surface area contributed by atoms with Gasteiger partial charge in [0, 0.05) is 5.02 Å². The van der Waals surface area contributed by atoms with Crippen molar-refractivity contribution in [1.29, 1.82) is 0 Å². The zero-order valence-electron chi connectivity index (χ0n) is 10.6. The first-order valence-corrected chi connectivity index (χ1v) is 5.94. The molecular weight excluding hydrogens is 286 g/mol. The van der Waals surface area contributed by atoms with Gasteiger partial charge in [0.1, 0.15) is 11.4 Å². The Bertz CT molecular complexity index is 724. The molecule has 0 bridgehead atoms. The van der Waals surface area contributed by atoms with Crippen molar-refractivity contribution in [3.05, 3.63) is 50.3 Å². The molecule has 20 heavy (non-hydrogen) atoms. The minimum Gasteiger partial charge on any atom is -0.478 e. The lowest BCUT2D eigenvalue weighted by atomic mass is 10.1. The van der Waals surface area contributed by atoms with Crippen molar-refractivity contribution in [2.75, 3.05) is 0 Å². The highest BCUT2D eigenvalue weighted by Gasteiger charge is 2.24. The Morgan fingerprint density at radius 2 is 2.10 bits per heavy atom. The lowest BCUT2D eigenvalue weighted by Crippen LogP contribution is -2.08. The maximum atomic E-state index is 11.3. The molecule has 0 atom stereocenters. The van der Waals surface area contributed by atoms with E-state index in [1.807, 2.05) is 0 Å². The predicted molar refractivity (Wildman–Crippen MR) is 71.7 cm³/mol. The molecule has 0 saturated carbocycles. The van der Waals surface area contributed by atoms with Crippen molar-refractivity contribution in [2.45, 2.75) is 13.8 Å². The van der Waals surface area contributed by atoms with Gasteiger partial charge in [0.05, 0.1) is 16.2 Å².